The number of benzene rings is 1. The summed E-state index contributed by atoms with van der Waals surface area (Å²) in [6, 6.07) is 6.98. The van der Waals surface area contributed by atoms with Crippen LogP contribution in [-0.4, -0.2) is 35.2 Å². The fraction of sp³-hybridized carbons (Fsp3) is 0.825. The van der Waals surface area contributed by atoms with Gasteiger partial charge in [0.2, 0.25) is 5.85 Å². The molecule has 0 spiro atoms. The summed E-state index contributed by atoms with van der Waals surface area (Å²) in [7, 11) is 0. The Bertz CT molecular complexity index is 849. The van der Waals surface area contributed by atoms with Crippen molar-refractivity contribution in [3.63, 3.8) is 0 Å². The molecular formula is C40H73N3O3. The Labute approximate surface area is 284 Å². The topological polar surface area (TPSA) is 73.8 Å². The minimum Gasteiger partial charge on any atom is -0.508 e. The molecule has 1 aromatic carbocycles. The van der Waals surface area contributed by atoms with Gasteiger partial charge in [0.05, 0.1) is 0 Å². The largest absolute Gasteiger partial charge is 0.508 e. The Hall–Kier alpha value is -1.95. The lowest BCUT2D eigenvalue weighted by Gasteiger charge is -2.52. The molecule has 46 heavy (non-hydrogen) atoms. The molecule has 1 atom stereocenters. The average molecular weight is 644 g/mol. The van der Waals surface area contributed by atoms with E-state index in [4.69, 9.17) is 4.74 Å². The lowest BCUT2D eigenvalue weighted by molar-refractivity contribution is -0.191. The minimum atomic E-state index is -0.710. The standard InChI is InChI=1S/C40H73N3O3/c1-3-5-7-9-11-12-13-14-15-16-17-18-19-20-21-22-23-25-27-29-35-43-39(45)42-40(43,34-28-26-24-10-8-6-4-2)46-36-41-37-30-32-38(44)33-31-37/h30-33,41,44H,3-29,34-36H2,1-2H3,(H,42,45). The van der Waals surface area contributed by atoms with E-state index >= 15 is 0 Å². The van der Waals surface area contributed by atoms with Gasteiger partial charge in [0.25, 0.3) is 0 Å². The molecule has 1 heterocycles. The van der Waals surface area contributed by atoms with Crippen LogP contribution in [-0.2, 0) is 4.74 Å². The van der Waals surface area contributed by atoms with Gasteiger partial charge in [0, 0.05) is 18.7 Å². The van der Waals surface area contributed by atoms with Crippen molar-refractivity contribution in [2.75, 3.05) is 18.6 Å². The quantitative estimate of drug-likeness (QED) is 0.0405. The number of anilines is 1. The Balaban J connectivity index is 1.52. The van der Waals surface area contributed by atoms with E-state index in [1.54, 1.807) is 12.1 Å². The van der Waals surface area contributed by atoms with E-state index in [9.17, 15) is 9.90 Å². The summed E-state index contributed by atoms with van der Waals surface area (Å²) in [6.45, 7) is 5.60. The van der Waals surface area contributed by atoms with Crippen LogP contribution in [0.3, 0.4) is 0 Å². The van der Waals surface area contributed by atoms with E-state index in [0.29, 0.717) is 6.73 Å². The Morgan fingerprint density at radius 2 is 1.00 bits per heavy atom. The van der Waals surface area contributed by atoms with Crippen molar-refractivity contribution < 1.29 is 14.6 Å². The lowest BCUT2D eigenvalue weighted by atomic mass is 10.0. The number of unbranched alkanes of at least 4 members (excludes halogenated alkanes) is 25. The summed E-state index contributed by atoms with van der Waals surface area (Å²) in [5.74, 6) is -0.465. The molecule has 1 aliphatic rings. The highest BCUT2D eigenvalue weighted by atomic mass is 16.6. The summed E-state index contributed by atoms with van der Waals surface area (Å²) >= 11 is 0. The number of aromatic hydroxyl groups is 1. The van der Waals surface area contributed by atoms with Crippen molar-refractivity contribution in [3.05, 3.63) is 24.3 Å². The zero-order chi connectivity index (χ0) is 33.0. The molecular weight excluding hydrogens is 570 g/mol. The van der Waals surface area contributed by atoms with Gasteiger partial charge in [-0.05, 0) is 37.1 Å². The molecule has 3 N–H and O–H groups in total. The van der Waals surface area contributed by atoms with Crippen molar-refractivity contribution in [1.29, 1.82) is 0 Å². The van der Waals surface area contributed by atoms with E-state index in [-0.39, 0.29) is 11.8 Å². The molecule has 1 aromatic rings. The molecule has 266 valence electrons. The average Bonchev–Trinajstić information content (AvgIpc) is 3.05. The maximum Gasteiger partial charge on any atom is 0.324 e. The second kappa shape index (κ2) is 27.0. The number of phenolic OH excluding ortho intramolecular Hbond substituents is 1. The number of hydrogen-bond donors (Lipinski definition) is 3. The van der Waals surface area contributed by atoms with Gasteiger partial charge in [-0.25, -0.2) is 4.79 Å². The Morgan fingerprint density at radius 3 is 1.41 bits per heavy atom. The smallest absolute Gasteiger partial charge is 0.324 e. The molecule has 1 aliphatic heterocycles. The minimum absolute atomic E-state index is 0.00890. The normalized spacial score (nSPS) is 16.0. The van der Waals surface area contributed by atoms with Crippen LogP contribution in [0.4, 0.5) is 10.5 Å². The number of nitrogens with zero attached hydrogens (tertiary/aromatic N) is 1. The SMILES string of the molecule is CCCCCCCCCCCCCCCCCCCCCCN1C(=O)NC1(CCCCCCCCC)OCNc1ccc(O)cc1. The summed E-state index contributed by atoms with van der Waals surface area (Å²) in [4.78, 5) is 14.6. The second-order valence-electron chi connectivity index (χ2n) is 14.0. The van der Waals surface area contributed by atoms with Crippen molar-refractivity contribution in [2.45, 2.75) is 199 Å². The fourth-order valence-electron chi connectivity index (χ4n) is 6.74. The number of nitrogens with one attached hydrogen (secondary N) is 2. The van der Waals surface area contributed by atoms with Crippen molar-refractivity contribution >= 4 is 11.7 Å². The molecule has 2 rings (SSSR count). The van der Waals surface area contributed by atoms with Crippen LogP contribution in [0.15, 0.2) is 24.3 Å². The van der Waals surface area contributed by atoms with Gasteiger partial charge < -0.3 is 15.2 Å². The number of hydrogen-bond acceptors (Lipinski definition) is 4. The lowest BCUT2D eigenvalue weighted by Crippen LogP contribution is -2.77. The predicted octanol–water partition coefficient (Wildman–Crippen LogP) is 12.4. The first-order chi connectivity index (χ1) is 22.6. The highest BCUT2D eigenvalue weighted by Crippen LogP contribution is 2.31. The van der Waals surface area contributed by atoms with E-state index in [1.807, 2.05) is 17.0 Å². The molecule has 0 bridgehead atoms. The predicted molar refractivity (Wildman–Crippen MR) is 196 cm³/mol. The third kappa shape index (κ3) is 18.4. The first-order valence-electron chi connectivity index (χ1n) is 19.9. The number of carbonyl (C=O) groups is 1. The number of phenols is 1. The van der Waals surface area contributed by atoms with Gasteiger partial charge in [-0.2, -0.15) is 0 Å². The number of carbonyl (C=O) groups excluding carboxylic acids is 1. The van der Waals surface area contributed by atoms with Gasteiger partial charge in [-0.15, -0.1) is 0 Å². The number of amides is 2. The Kier molecular flexibility index (Phi) is 23.7. The molecule has 0 aliphatic carbocycles. The Morgan fingerprint density at radius 1 is 0.609 bits per heavy atom. The van der Waals surface area contributed by atoms with E-state index in [2.05, 4.69) is 24.5 Å². The number of rotatable bonds is 33. The molecule has 1 saturated heterocycles. The molecule has 6 nitrogen and oxygen atoms in total. The molecule has 0 saturated carbocycles. The van der Waals surface area contributed by atoms with Gasteiger partial charge in [0.15, 0.2) is 0 Å². The van der Waals surface area contributed by atoms with Crippen LogP contribution in [0, 0.1) is 0 Å². The third-order valence-corrected chi connectivity index (χ3v) is 9.79. The number of ether oxygens (including phenoxy) is 1. The number of urea groups is 1. The van der Waals surface area contributed by atoms with Crippen molar-refractivity contribution in [2.24, 2.45) is 0 Å². The molecule has 0 radical (unpaired) electrons. The zero-order valence-corrected chi connectivity index (χ0v) is 30.2. The van der Waals surface area contributed by atoms with Gasteiger partial charge in [0.1, 0.15) is 12.5 Å². The van der Waals surface area contributed by atoms with E-state index in [0.717, 1.165) is 31.5 Å². The summed E-state index contributed by atoms with van der Waals surface area (Å²) in [6.07, 6.45) is 36.9. The second-order valence-corrected chi connectivity index (χ2v) is 14.0. The molecule has 6 heteroatoms. The maximum atomic E-state index is 12.6. The highest BCUT2D eigenvalue weighted by molar-refractivity contribution is 5.81. The molecule has 0 aromatic heterocycles. The van der Waals surface area contributed by atoms with E-state index in [1.165, 1.54) is 161 Å². The van der Waals surface area contributed by atoms with Crippen LogP contribution in [0.5, 0.6) is 5.75 Å². The highest BCUT2D eigenvalue weighted by Gasteiger charge is 2.50. The van der Waals surface area contributed by atoms with Gasteiger partial charge >= 0.3 is 6.03 Å². The summed E-state index contributed by atoms with van der Waals surface area (Å²) < 4.78 is 6.34. The van der Waals surface area contributed by atoms with Crippen LogP contribution in [0.25, 0.3) is 0 Å². The van der Waals surface area contributed by atoms with Crippen LogP contribution < -0.4 is 10.6 Å². The molecule has 1 fully saturated rings. The van der Waals surface area contributed by atoms with Gasteiger partial charge in [-0.3, -0.25) is 10.2 Å². The zero-order valence-electron chi connectivity index (χ0n) is 30.2. The molecule has 1 unspecified atom stereocenters. The van der Waals surface area contributed by atoms with Crippen molar-refractivity contribution in [1.82, 2.24) is 10.2 Å². The fourth-order valence-corrected chi connectivity index (χ4v) is 6.74. The van der Waals surface area contributed by atoms with Crippen LogP contribution in [0.1, 0.15) is 194 Å². The van der Waals surface area contributed by atoms with Crippen LogP contribution >= 0.6 is 0 Å². The first kappa shape index (κ1) is 40.2. The summed E-state index contributed by atoms with van der Waals surface area (Å²) in [5.41, 5.74) is 0.884. The monoisotopic (exact) mass is 644 g/mol. The third-order valence-electron chi connectivity index (χ3n) is 9.79. The first-order valence-corrected chi connectivity index (χ1v) is 19.9. The van der Waals surface area contributed by atoms with Gasteiger partial charge in [-0.1, -0.05) is 174 Å². The van der Waals surface area contributed by atoms with Crippen molar-refractivity contribution in [3.8, 4) is 5.75 Å². The summed E-state index contributed by atoms with van der Waals surface area (Å²) in [5, 5.41) is 15.9. The van der Waals surface area contributed by atoms with E-state index < -0.39 is 5.85 Å². The molecule has 2 amide bonds. The maximum absolute atomic E-state index is 12.6. The van der Waals surface area contributed by atoms with Crippen LogP contribution in [0.2, 0.25) is 0 Å².